The molecule has 2 atom stereocenters. The Labute approximate surface area is 179 Å². The van der Waals surface area contributed by atoms with Gasteiger partial charge in [-0.15, -0.1) is 23.1 Å². The number of benzene rings is 2. The van der Waals surface area contributed by atoms with Crippen molar-refractivity contribution in [3.05, 3.63) is 59.1 Å². The lowest BCUT2D eigenvalue weighted by atomic mass is 10.2. The first-order chi connectivity index (χ1) is 13.8. The molecule has 1 aromatic heterocycles. The SMILES string of the molecule is C[C@@H](c1nc2ccccc2s1)N(C)C(=O)c1ccccc1S[C@@H]1CCS(=O)(=O)C1. The van der Waals surface area contributed by atoms with Gasteiger partial charge in [0, 0.05) is 17.2 Å². The molecule has 0 spiro atoms. The van der Waals surface area contributed by atoms with Gasteiger partial charge in [0.15, 0.2) is 9.84 Å². The molecule has 0 radical (unpaired) electrons. The molecule has 2 heterocycles. The van der Waals surface area contributed by atoms with Crippen molar-refractivity contribution in [2.24, 2.45) is 0 Å². The van der Waals surface area contributed by atoms with Crippen LogP contribution in [0.4, 0.5) is 0 Å². The van der Waals surface area contributed by atoms with Gasteiger partial charge in [-0.05, 0) is 37.6 Å². The van der Waals surface area contributed by atoms with Crippen molar-refractivity contribution in [3.8, 4) is 0 Å². The van der Waals surface area contributed by atoms with Gasteiger partial charge < -0.3 is 4.90 Å². The third-order valence-electron chi connectivity index (χ3n) is 5.17. The van der Waals surface area contributed by atoms with Gasteiger partial charge in [-0.3, -0.25) is 4.79 Å². The predicted molar refractivity (Wildman–Crippen MR) is 119 cm³/mol. The van der Waals surface area contributed by atoms with Gasteiger partial charge in [-0.25, -0.2) is 13.4 Å². The standard InChI is InChI=1S/C21H22N2O3S3/c1-14(20-22-17-8-4-6-10-19(17)28-20)23(2)21(24)16-7-3-5-9-18(16)27-15-11-12-29(25,26)13-15/h3-10,14-15H,11-13H2,1-2H3/t14-,15+/m0/s1. The summed E-state index contributed by atoms with van der Waals surface area (Å²) < 4.78 is 24.7. The van der Waals surface area contributed by atoms with Crippen LogP contribution in [-0.4, -0.2) is 48.0 Å². The Morgan fingerprint density at radius 3 is 2.66 bits per heavy atom. The summed E-state index contributed by atoms with van der Waals surface area (Å²) in [6.07, 6.45) is 0.632. The zero-order valence-electron chi connectivity index (χ0n) is 16.2. The molecule has 1 aliphatic rings. The van der Waals surface area contributed by atoms with Gasteiger partial charge in [0.1, 0.15) is 5.01 Å². The summed E-state index contributed by atoms with van der Waals surface area (Å²) in [4.78, 5) is 20.5. The molecule has 29 heavy (non-hydrogen) atoms. The number of hydrogen-bond acceptors (Lipinski definition) is 6. The fraction of sp³-hybridized carbons (Fsp3) is 0.333. The first kappa shape index (κ1) is 20.4. The van der Waals surface area contributed by atoms with Gasteiger partial charge in [0.25, 0.3) is 5.91 Å². The lowest BCUT2D eigenvalue weighted by Crippen LogP contribution is -2.30. The van der Waals surface area contributed by atoms with Gasteiger partial charge in [0.2, 0.25) is 0 Å². The van der Waals surface area contributed by atoms with Crippen LogP contribution in [0.1, 0.15) is 34.8 Å². The highest BCUT2D eigenvalue weighted by Gasteiger charge is 2.30. The van der Waals surface area contributed by atoms with Crippen molar-refractivity contribution in [2.75, 3.05) is 18.6 Å². The third kappa shape index (κ3) is 4.34. The topological polar surface area (TPSA) is 67.3 Å². The van der Waals surface area contributed by atoms with Crippen molar-refractivity contribution in [1.29, 1.82) is 0 Å². The van der Waals surface area contributed by atoms with E-state index in [9.17, 15) is 13.2 Å². The number of sulfone groups is 1. The number of thiazole rings is 1. The van der Waals surface area contributed by atoms with Crippen molar-refractivity contribution in [3.63, 3.8) is 0 Å². The van der Waals surface area contributed by atoms with E-state index in [1.807, 2.05) is 55.5 Å². The Bertz CT molecular complexity index is 1120. The lowest BCUT2D eigenvalue weighted by molar-refractivity contribution is 0.0739. The van der Waals surface area contributed by atoms with Gasteiger partial charge >= 0.3 is 0 Å². The smallest absolute Gasteiger partial charge is 0.255 e. The fourth-order valence-corrected chi connectivity index (χ4v) is 8.06. The molecule has 0 saturated carbocycles. The molecule has 1 aliphatic heterocycles. The van der Waals surface area contributed by atoms with Gasteiger partial charge in [-0.1, -0.05) is 24.3 Å². The fourth-order valence-electron chi connectivity index (χ4n) is 3.38. The van der Waals surface area contributed by atoms with Crippen LogP contribution in [0.5, 0.6) is 0 Å². The second kappa shape index (κ2) is 8.08. The lowest BCUT2D eigenvalue weighted by Gasteiger charge is -2.24. The maximum absolute atomic E-state index is 13.3. The minimum atomic E-state index is -2.95. The van der Waals surface area contributed by atoms with Crippen LogP contribution in [0.2, 0.25) is 0 Å². The van der Waals surface area contributed by atoms with Crippen LogP contribution >= 0.6 is 23.1 Å². The van der Waals surface area contributed by atoms with Crippen molar-refractivity contribution >= 4 is 49.1 Å². The first-order valence-electron chi connectivity index (χ1n) is 9.43. The molecule has 5 nitrogen and oxygen atoms in total. The van der Waals surface area contributed by atoms with E-state index in [1.54, 1.807) is 23.3 Å². The average molecular weight is 447 g/mol. The Balaban J connectivity index is 1.55. The molecule has 0 unspecified atom stereocenters. The van der Waals surface area contributed by atoms with Crippen LogP contribution in [0.25, 0.3) is 10.2 Å². The number of carbonyl (C=O) groups is 1. The highest BCUT2D eigenvalue weighted by molar-refractivity contribution is 8.02. The molecular weight excluding hydrogens is 424 g/mol. The summed E-state index contributed by atoms with van der Waals surface area (Å²) in [6.45, 7) is 1.98. The number of para-hydroxylation sites is 1. The van der Waals surface area contributed by atoms with E-state index in [0.29, 0.717) is 12.0 Å². The number of aromatic nitrogens is 1. The number of thioether (sulfide) groups is 1. The van der Waals surface area contributed by atoms with Crippen LogP contribution in [0, 0.1) is 0 Å². The molecule has 3 aromatic rings. The van der Waals surface area contributed by atoms with Crippen LogP contribution < -0.4 is 0 Å². The third-order valence-corrected chi connectivity index (χ3v) is 9.70. The van der Waals surface area contributed by atoms with Crippen molar-refractivity contribution < 1.29 is 13.2 Å². The molecule has 152 valence electrons. The minimum absolute atomic E-state index is 0.000872. The number of rotatable bonds is 5. The summed E-state index contributed by atoms with van der Waals surface area (Å²) in [7, 11) is -1.16. The summed E-state index contributed by atoms with van der Waals surface area (Å²) in [6, 6.07) is 15.2. The number of fused-ring (bicyclic) bond motifs is 1. The molecule has 1 amide bonds. The predicted octanol–water partition coefficient (Wildman–Crippen LogP) is 4.41. The van der Waals surface area contributed by atoms with Crippen LogP contribution in [-0.2, 0) is 9.84 Å². The maximum Gasteiger partial charge on any atom is 0.255 e. The van der Waals surface area contributed by atoms with Gasteiger partial charge in [-0.2, -0.15) is 0 Å². The van der Waals surface area contributed by atoms with E-state index in [0.717, 1.165) is 20.1 Å². The summed E-state index contributed by atoms with van der Waals surface area (Å²) in [5.74, 6) is 0.328. The number of amides is 1. The van der Waals surface area contributed by atoms with Crippen LogP contribution in [0.15, 0.2) is 53.4 Å². The Morgan fingerprint density at radius 1 is 1.21 bits per heavy atom. The number of nitrogens with zero attached hydrogens (tertiary/aromatic N) is 2. The molecular formula is C21H22N2O3S3. The normalized spacial score (nSPS) is 19.3. The Morgan fingerprint density at radius 2 is 1.93 bits per heavy atom. The zero-order valence-corrected chi connectivity index (χ0v) is 18.7. The van der Waals surface area contributed by atoms with E-state index in [2.05, 4.69) is 4.98 Å². The van der Waals surface area contributed by atoms with Crippen molar-refractivity contribution in [2.45, 2.75) is 29.5 Å². The van der Waals surface area contributed by atoms with Crippen LogP contribution in [0.3, 0.4) is 0 Å². The monoisotopic (exact) mass is 446 g/mol. The number of carbonyl (C=O) groups excluding carboxylic acids is 1. The van der Waals surface area contributed by atoms with E-state index in [-0.39, 0.29) is 28.7 Å². The average Bonchev–Trinajstić information content (AvgIpc) is 3.29. The summed E-state index contributed by atoms with van der Waals surface area (Å²) in [5.41, 5.74) is 1.55. The Hall–Kier alpha value is -1.90. The quantitative estimate of drug-likeness (QED) is 0.581. The largest absolute Gasteiger partial charge is 0.332 e. The Kier molecular flexibility index (Phi) is 5.68. The molecule has 0 bridgehead atoms. The molecule has 1 saturated heterocycles. The second-order valence-corrected chi connectivity index (χ2v) is 11.9. The van der Waals surface area contributed by atoms with Crippen molar-refractivity contribution in [1.82, 2.24) is 9.88 Å². The highest BCUT2D eigenvalue weighted by atomic mass is 32.2. The maximum atomic E-state index is 13.3. The summed E-state index contributed by atoms with van der Waals surface area (Å²) in [5, 5.41) is 0.898. The second-order valence-electron chi connectivity index (χ2n) is 7.25. The van der Waals surface area contributed by atoms with E-state index in [1.165, 1.54) is 11.8 Å². The highest BCUT2D eigenvalue weighted by Crippen LogP contribution is 2.35. The van der Waals surface area contributed by atoms with Gasteiger partial charge in [0.05, 0.1) is 33.3 Å². The van der Waals surface area contributed by atoms with E-state index >= 15 is 0 Å². The van der Waals surface area contributed by atoms with E-state index in [4.69, 9.17) is 0 Å². The molecule has 4 rings (SSSR count). The molecule has 8 heteroatoms. The minimum Gasteiger partial charge on any atom is -0.332 e. The summed E-state index contributed by atoms with van der Waals surface area (Å²) >= 11 is 3.10. The first-order valence-corrected chi connectivity index (χ1v) is 12.9. The molecule has 1 fully saturated rings. The zero-order chi connectivity index (χ0) is 20.6. The number of hydrogen-bond donors (Lipinski definition) is 0. The molecule has 0 N–H and O–H groups in total. The van der Waals surface area contributed by atoms with E-state index < -0.39 is 9.84 Å². The molecule has 0 aliphatic carbocycles. The molecule has 2 aromatic carbocycles.